The molecule has 0 aliphatic rings. The normalized spacial score (nSPS) is 10.1. The largest absolute Gasteiger partial charge is 0.385 e. The first-order chi connectivity index (χ1) is 8.77. The number of hydrogen-bond donors (Lipinski definition) is 2. The number of carbonyl (C=O) groups is 1. The Bertz CT molecular complexity index is 354. The van der Waals surface area contributed by atoms with Gasteiger partial charge in [-0.3, -0.25) is 4.79 Å². The van der Waals surface area contributed by atoms with E-state index in [0.29, 0.717) is 24.7 Å². The number of carbonyl (C=O) groups excluding carboxylic acids is 1. The van der Waals surface area contributed by atoms with Crippen LogP contribution < -0.4 is 10.6 Å². The fraction of sp³-hybridized carbons (Fsp3) is 0.583. The summed E-state index contributed by atoms with van der Waals surface area (Å²) in [5.74, 6) is 0.390. The SMILES string of the molecule is CCCNc1ncc(C(=O)NCCCOC)cn1. The number of amides is 1. The van der Waals surface area contributed by atoms with Crippen LogP contribution in [-0.2, 0) is 4.74 Å². The zero-order valence-electron chi connectivity index (χ0n) is 10.9. The molecule has 0 aromatic carbocycles. The maximum absolute atomic E-state index is 11.7. The van der Waals surface area contributed by atoms with Crippen molar-refractivity contribution in [1.29, 1.82) is 0 Å². The molecule has 2 N–H and O–H groups in total. The molecule has 1 aromatic heterocycles. The lowest BCUT2D eigenvalue weighted by atomic mass is 10.3. The molecule has 0 unspecified atom stereocenters. The number of methoxy groups -OCH3 is 1. The first-order valence-electron chi connectivity index (χ1n) is 6.11. The van der Waals surface area contributed by atoms with Crippen LogP contribution in [-0.4, -0.2) is 42.7 Å². The van der Waals surface area contributed by atoms with Gasteiger partial charge in [-0.1, -0.05) is 6.92 Å². The van der Waals surface area contributed by atoms with Gasteiger partial charge in [0.1, 0.15) is 0 Å². The van der Waals surface area contributed by atoms with E-state index in [-0.39, 0.29) is 5.91 Å². The standard InChI is InChI=1S/C12H20N4O2/c1-3-5-14-12-15-8-10(9-16-12)11(17)13-6-4-7-18-2/h8-9H,3-7H2,1-2H3,(H,13,17)(H,14,15,16). The third-order valence-electron chi connectivity index (χ3n) is 2.26. The fourth-order valence-electron chi connectivity index (χ4n) is 1.29. The molecule has 1 amide bonds. The van der Waals surface area contributed by atoms with E-state index in [2.05, 4.69) is 27.5 Å². The third kappa shape index (κ3) is 5.09. The van der Waals surface area contributed by atoms with Gasteiger partial charge in [0.2, 0.25) is 5.95 Å². The van der Waals surface area contributed by atoms with Crippen LogP contribution in [0.15, 0.2) is 12.4 Å². The lowest BCUT2D eigenvalue weighted by Crippen LogP contribution is -2.25. The van der Waals surface area contributed by atoms with E-state index < -0.39 is 0 Å². The van der Waals surface area contributed by atoms with Crippen molar-refractivity contribution in [2.24, 2.45) is 0 Å². The minimum atomic E-state index is -0.159. The van der Waals surface area contributed by atoms with Crippen LogP contribution in [0.25, 0.3) is 0 Å². The number of nitrogens with one attached hydrogen (secondary N) is 2. The van der Waals surface area contributed by atoms with Gasteiger partial charge < -0.3 is 15.4 Å². The van der Waals surface area contributed by atoms with Gasteiger partial charge in [0.25, 0.3) is 5.91 Å². The Labute approximate surface area is 107 Å². The van der Waals surface area contributed by atoms with Crippen molar-refractivity contribution < 1.29 is 9.53 Å². The third-order valence-corrected chi connectivity index (χ3v) is 2.26. The van der Waals surface area contributed by atoms with Crippen LogP contribution >= 0.6 is 0 Å². The van der Waals surface area contributed by atoms with Crippen molar-refractivity contribution in [3.8, 4) is 0 Å². The predicted molar refractivity (Wildman–Crippen MR) is 69.6 cm³/mol. The molecule has 6 nitrogen and oxygen atoms in total. The Hall–Kier alpha value is -1.69. The Balaban J connectivity index is 2.38. The molecular weight excluding hydrogens is 232 g/mol. The van der Waals surface area contributed by atoms with Gasteiger partial charge in [0.15, 0.2) is 0 Å². The second-order valence-electron chi connectivity index (χ2n) is 3.82. The number of aromatic nitrogens is 2. The number of hydrogen-bond acceptors (Lipinski definition) is 5. The van der Waals surface area contributed by atoms with Crippen LogP contribution in [0.4, 0.5) is 5.95 Å². The molecule has 0 atom stereocenters. The summed E-state index contributed by atoms with van der Waals surface area (Å²) in [7, 11) is 1.64. The molecule has 0 radical (unpaired) electrons. The summed E-state index contributed by atoms with van der Waals surface area (Å²) >= 11 is 0. The highest BCUT2D eigenvalue weighted by atomic mass is 16.5. The Kier molecular flexibility index (Phi) is 6.71. The highest BCUT2D eigenvalue weighted by Gasteiger charge is 2.05. The van der Waals surface area contributed by atoms with Gasteiger partial charge in [0.05, 0.1) is 5.56 Å². The van der Waals surface area contributed by atoms with Gasteiger partial charge in [-0.15, -0.1) is 0 Å². The quantitative estimate of drug-likeness (QED) is 0.677. The Morgan fingerprint density at radius 1 is 1.33 bits per heavy atom. The van der Waals surface area contributed by atoms with E-state index in [1.807, 2.05) is 0 Å². The molecule has 0 aliphatic carbocycles. The number of anilines is 1. The van der Waals surface area contributed by atoms with Crippen LogP contribution in [0, 0.1) is 0 Å². The second kappa shape index (κ2) is 8.41. The van der Waals surface area contributed by atoms with E-state index in [4.69, 9.17) is 4.74 Å². The summed E-state index contributed by atoms with van der Waals surface area (Å²) in [6, 6.07) is 0. The van der Waals surface area contributed by atoms with E-state index >= 15 is 0 Å². The lowest BCUT2D eigenvalue weighted by Gasteiger charge is -2.05. The maximum Gasteiger partial charge on any atom is 0.254 e. The molecule has 0 spiro atoms. The fourth-order valence-corrected chi connectivity index (χ4v) is 1.29. The Morgan fingerprint density at radius 3 is 2.67 bits per heavy atom. The van der Waals surface area contributed by atoms with Crippen LogP contribution in [0.1, 0.15) is 30.1 Å². The summed E-state index contributed by atoms with van der Waals surface area (Å²) in [6.07, 6.45) is 4.84. The van der Waals surface area contributed by atoms with Crippen molar-refractivity contribution in [2.75, 3.05) is 32.1 Å². The van der Waals surface area contributed by atoms with Crippen LogP contribution in [0.3, 0.4) is 0 Å². The first-order valence-corrected chi connectivity index (χ1v) is 6.11. The number of ether oxygens (including phenoxy) is 1. The van der Waals surface area contributed by atoms with Crippen LogP contribution in [0.5, 0.6) is 0 Å². The molecule has 6 heteroatoms. The van der Waals surface area contributed by atoms with Gasteiger partial charge in [-0.25, -0.2) is 9.97 Å². The van der Waals surface area contributed by atoms with Gasteiger partial charge in [-0.2, -0.15) is 0 Å². The highest BCUT2D eigenvalue weighted by Crippen LogP contribution is 2.00. The van der Waals surface area contributed by atoms with Crippen LogP contribution in [0.2, 0.25) is 0 Å². The molecule has 1 rings (SSSR count). The summed E-state index contributed by atoms with van der Waals surface area (Å²) < 4.78 is 4.90. The molecule has 1 aromatic rings. The smallest absolute Gasteiger partial charge is 0.254 e. The molecule has 100 valence electrons. The van der Waals surface area contributed by atoms with E-state index in [1.165, 1.54) is 12.4 Å². The zero-order valence-corrected chi connectivity index (χ0v) is 10.9. The lowest BCUT2D eigenvalue weighted by molar-refractivity contribution is 0.0948. The van der Waals surface area contributed by atoms with Crippen molar-refractivity contribution in [1.82, 2.24) is 15.3 Å². The van der Waals surface area contributed by atoms with E-state index in [9.17, 15) is 4.79 Å². The van der Waals surface area contributed by atoms with Gasteiger partial charge >= 0.3 is 0 Å². The summed E-state index contributed by atoms with van der Waals surface area (Å²) in [5, 5.41) is 5.83. The van der Waals surface area contributed by atoms with E-state index in [1.54, 1.807) is 7.11 Å². The van der Waals surface area contributed by atoms with Crippen molar-refractivity contribution in [3.05, 3.63) is 18.0 Å². The van der Waals surface area contributed by atoms with E-state index in [0.717, 1.165) is 19.4 Å². The average Bonchev–Trinajstić information content (AvgIpc) is 2.41. The molecule has 0 bridgehead atoms. The minimum absolute atomic E-state index is 0.159. The summed E-state index contributed by atoms with van der Waals surface area (Å²) in [6.45, 7) is 4.11. The van der Waals surface area contributed by atoms with Gasteiger partial charge in [-0.05, 0) is 12.8 Å². The molecular formula is C12H20N4O2. The molecule has 0 fully saturated rings. The number of rotatable bonds is 8. The molecule has 0 saturated carbocycles. The monoisotopic (exact) mass is 252 g/mol. The molecule has 0 aliphatic heterocycles. The highest BCUT2D eigenvalue weighted by molar-refractivity contribution is 5.93. The molecule has 0 saturated heterocycles. The minimum Gasteiger partial charge on any atom is -0.385 e. The molecule has 18 heavy (non-hydrogen) atoms. The topological polar surface area (TPSA) is 76.1 Å². The predicted octanol–water partition coefficient (Wildman–Crippen LogP) is 1.06. The number of nitrogens with zero attached hydrogens (tertiary/aromatic N) is 2. The average molecular weight is 252 g/mol. The zero-order chi connectivity index (χ0) is 13.2. The summed E-state index contributed by atoms with van der Waals surface area (Å²) in [5.41, 5.74) is 0.467. The maximum atomic E-state index is 11.7. The van der Waals surface area contributed by atoms with Crippen molar-refractivity contribution in [3.63, 3.8) is 0 Å². The van der Waals surface area contributed by atoms with Crippen molar-refractivity contribution >= 4 is 11.9 Å². The first kappa shape index (κ1) is 14.4. The summed E-state index contributed by atoms with van der Waals surface area (Å²) in [4.78, 5) is 19.8. The van der Waals surface area contributed by atoms with Gasteiger partial charge in [0, 0.05) is 39.2 Å². The Morgan fingerprint density at radius 2 is 2.06 bits per heavy atom. The molecule has 1 heterocycles. The van der Waals surface area contributed by atoms with Crippen molar-refractivity contribution in [2.45, 2.75) is 19.8 Å². The second-order valence-corrected chi connectivity index (χ2v) is 3.82.